The Morgan fingerprint density at radius 2 is 2.14 bits per heavy atom. The smallest absolute Gasteiger partial charge is 0.260 e. The molecule has 0 spiro atoms. The minimum absolute atomic E-state index is 0.181. The maximum absolute atomic E-state index is 12.0. The van der Waals surface area contributed by atoms with Gasteiger partial charge in [0.05, 0.1) is 7.11 Å². The van der Waals surface area contributed by atoms with Crippen LogP contribution in [0.5, 0.6) is 11.5 Å². The van der Waals surface area contributed by atoms with Gasteiger partial charge in [-0.1, -0.05) is 12.1 Å². The second-order valence-corrected chi connectivity index (χ2v) is 4.55. The highest BCUT2D eigenvalue weighted by molar-refractivity contribution is 5.80. The van der Waals surface area contributed by atoms with E-state index >= 15 is 0 Å². The molecule has 1 aromatic carbocycles. The predicted molar refractivity (Wildman–Crippen MR) is 80.5 cm³/mol. The Balaban J connectivity index is 2.65. The minimum atomic E-state index is -0.630. The average Bonchev–Trinajstić information content (AvgIpc) is 2.51. The van der Waals surface area contributed by atoms with Crippen LogP contribution in [0.2, 0.25) is 0 Å². The predicted octanol–water partition coefficient (Wildman–Crippen LogP) is 1.07. The Bertz CT molecular complexity index is 429. The van der Waals surface area contributed by atoms with Gasteiger partial charge in [-0.05, 0) is 19.4 Å². The summed E-state index contributed by atoms with van der Waals surface area (Å²) in [7, 11) is 3.18. The normalized spacial score (nSPS) is 11.8. The van der Waals surface area contributed by atoms with Gasteiger partial charge < -0.3 is 25.3 Å². The van der Waals surface area contributed by atoms with Gasteiger partial charge in [0, 0.05) is 32.4 Å². The van der Waals surface area contributed by atoms with Crippen LogP contribution in [0.25, 0.3) is 0 Å². The van der Waals surface area contributed by atoms with Crippen molar-refractivity contribution >= 4 is 5.91 Å². The summed E-state index contributed by atoms with van der Waals surface area (Å²) in [5.41, 5.74) is 6.49. The lowest BCUT2D eigenvalue weighted by atomic mass is 10.2. The highest BCUT2D eigenvalue weighted by Crippen LogP contribution is 2.31. The number of nitrogens with one attached hydrogen (secondary N) is 1. The van der Waals surface area contributed by atoms with Gasteiger partial charge in [0.15, 0.2) is 17.6 Å². The Morgan fingerprint density at radius 3 is 2.76 bits per heavy atom. The van der Waals surface area contributed by atoms with Crippen LogP contribution < -0.4 is 20.5 Å². The summed E-state index contributed by atoms with van der Waals surface area (Å²) < 4.78 is 15.9. The number of hydrogen-bond donors (Lipinski definition) is 2. The van der Waals surface area contributed by atoms with Gasteiger partial charge >= 0.3 is 0 Å². The molecule has 6 nitrogen and oxygen atoms in total. The molecule has 0 saturated heterocycles. The first-order valence-corrected chi connectivity index (χ1v) is 6.93. The van der Waals surface area contributed by atoms with Crippen LogP contribution in [0.4, 0.5) is 0 Å². The van der Waals surface area contributed by atoms with Gasteiger partial charge in [-0.25, -0.2) is 0 Å². The quantitative estimate of drug-likeness (QED) is 0.666. The highest BCUT2D eigenvalue weighted by Gasteiger charge is 2.18. The van der Waals surface area contributed by atoms with Crippen molar-refractivity contribution in [1.82, 2.24) is 5.32 Å². The van der Waals surface area contributed by atoms with Crippen LogP contribution in [0.3, 0.4) is 0 Å². The summed E-state index contributed by atoms with van der Waals surface area (Å²) >= 11 is 0. The molecule has 1 aromatic rings. The van der Waals surface area contributed by atoms with Crippen molar-refractivity contribution in [3.05, 3.63) is 23.8 Å². The second-order valence-electron chi connectivity index (χ2n) is 4.55. The lowest BCUT2D eigenvalue weighted by Gasteiger charge is -2.19. The minimum Gasteiger partial charge on any atom is -0.493 e. The van der Waals surface area contributed by atoms with Crippen LogP contribution in [0, 0.1) is 0 Å². The molecule has 3 N–H and O–H groups in total. The third-order valence-corrected chi connectivity index (χ3v) is 2.99. The fourth-order valence-electron chi connectivity index (χ4n) is 1.82. The molecule has 118 valence electrons. The Labute approximate surface area is 125 Å². The topological polar surface area (TPSA) is 82.8 Å². The van der Waals surface area contributed by atoms with E-state index in [4.69, 9.17) is 19.9 Å². The third kappa shape index (κ3) is 5.24. The fourth-order valence-corrected chi connectivity index (χ4v) is 1.82. The SMILES string of the molecule is COCCCNC(=O)C(C)Oc1c(CN)cccc1OC. The zero-order chi connectivity index (χ0) is 15.7. The van der Waals surface area contributed by atoms with Crippen molar-refractivity contribution in [3.63, 3.8) is 0 Å². The molecule has 1 rings (SSSR count). The first-order chi connectivity index (χ1) is 10.1. The van der Waals surface area contributed by atoms with E-state index in [2.05, 4.69) is 5.32 Å². The van der Waals surface area contributed by atoms with E-state index in [9.17, 15) is 4.79 Å². The molecule has 0 bridgehead atoms. The molecule has 0 aromatic heterocycles. The van der Waals surface area contributed by atoms with E-state index in [1.807, 2.05) is 12.1 Å². The molecule has 0 fully saturated rings. The summed E-state index contributed by atoms with van der Waals surface area (Å²) in [5.74, 6) is 0.902. The summed E-state index contributed by atoms with van der Waals surface area (Å²) in [6.07, 6.45) is 0.131. The molecule has 0 aliphatic rings. The monoisotopic (exact) mass is 296 g/mol. The number of carbonyl (C=O) groups is 1. The molecule has 1 atom stereocenters. The maximum atomic E-state index is 12.0. The van der Waals surface area contributed by atoms with Crippen molar-refractivity contribution in [2.24, 2.45) is 5.73 Å². The molecule has 6 heteroatoms. The molecular formula is C15H24N2O4. The summed E-state index contributed by atoms with van der Waals surface area (Å²) in [6, 6.07) is 5.46. The van der Waals surface area contributed by atoms with E-state index in [1.54, 1.807) is 27.2 Å². The zero-order valence-corrected chi connectivity index (χ0v) is 12.8. The van der Waals surface area contributed by atoms with E-state index in [0.29, 0.717) is 31.2 Å². The Hall–Kier alpha value is -1.79. The number of hydrogen-bond acceptors (Lipinski definition) is 5. The van der Waals surface area contributed by atoms with Gasteiger partial charge in [-0.3, -0.25) is 4.79 Å². The Kier molecular flexibility index (Phi) is 7.56. The third-order valence-electron chi connectivity index (χ3n) is 2.99. The van der Waals surface area contributed by atoms with E-state index in [1.165, 1.54) is 0 Å². The van der Waals surface area contributed by atoms with E-state index < -0.39 is 6.10 Å². The molecule has 0 radical (unpaired) electrons. The highest BCUT2D eigenvalue weighted by atomic mass is 16.5. The zero-order valence-electron chi connectivity index (χ0n) is 12.8. The van der Waals surface area contributed by atoms with E-state index in [0.717, 1.165) is 12.0 Å². The number of benzene rings is 1. The molecule has 1 amide bonds. The van der Waals surface area contributed by atoms with Crippen LogP contribution in [-0.2, 0) is 16.1 Å². The molecular weight excluding hydrogens is 272 g/mol. The number of amides is 1. The van der Waals surface area contributed by atoms with Crippen LogP contribution in [-0.4, -0.2) is 39.4 Å². The van der Waals surface area contributed by atoms with Crippen molar-refractivity contribution in [3.8, 4) is 11.5 Å². The fraction of sp³-hybridized carbons (Fsp3) is 0.533. The van der Waals surface area contributed by atoms with Crippen molar-refractivity contribution in [2.45, 2.75) is 26.0 Å². The number of methoxy groups -OCH3 is 2. The largest absolute Gasteiger partial charge is 0.493 e. The lowest BCUT2D eigenvalue weighted by molar-refractivity contribution is -0.127. The number of carbonyl (C=O) groups excluding carboxylic acids is 1. The molecule has 0 saturated carbocycles. The maximum Gasteiger partial charge on any atom is 0.260 e. The van der Waals surface area contributed by atoms with Crippen molar-refractivity contribution in [1.29, 1.82) is 0 Å². The van der Waals surface area contributed by atoms with Crippen LogP contribution >= 0.6 is 0 Å². The standard InChI is InChI=1S/C15H24N2O4/c1-11(15(18)17-8-5-9-19-2)21-14-12(10-16)6-4-7-13(14)20-3/h4,6-7,11H,5,8-10,16H2,1-3H3,(H,17,18). The summed E-state index contributed by atoms with van der Waals surface area (Å²) in [5, 5.41) is 2.80. The van der Waals surface area contributed by atoms with E-state index in [-0.39, 0.29) is 5.91 Å². The lowest BCUT2D eigenvalue weighted by Crippen LogP contribution is -2.37. The van der Waals surface area contributed by atoms with Crippen molar-refractivity contribution < 1.29 is 19.0 Å². The average molecular weight is 296 g/mol. The molecule has 0 heterocycles. The number of nitrogens with two attached hydrogens (primary N) is 1. The van der Waals surface area contributed by atoms with Gasteiger partial charge in [-0.2, -0.15) is 0 Å². The second kappa shape index (κ2) is 9.20. The number of para-hydroxylation sites is 1. The van der Waals surface area contributed by atoms with Crippen LogP contribution in [0.1, 0.15) is 18.9 Å². The summed E-state index contributed by atoms with van der Waals surface area (Å²) in [6.45, 7) is 3.17. The molecule has 1 unspecified atom stereocenters. The molecule has 21 heavy (non-hydrogen) atoms. The molecule has 0 aliphatic heterocycles. The van der Waals surface area contributed by atoms with Gasteiger partial charge in [0.1, 0.15) is 0 Å². The van der Waals surface area contributed by atoms with Crippen molar-refractivity contribution in [2.75, 3.05) is 27.4 Å². The number of rotatable bonds is 9. The van der Waals surface area contributed by atoms with Crippen LogP contribution in [0.15, 0.2) is 18.2 Å². The number of ether oxygens (including phenoxy) is 3. The van der Waals surface area contributed by atoms with Gasteiger partial charge in [0.2, 0.25) is 0 Å². The first kappa shape index (κ1) is 17.3. The Morgan fingerprint density at radius 1 is 1.38 bits per heavy atom. The van der Waals surface area contributed by atoms with Gasteiger partial charge in [-0.15, -0.1) is 0 Å². The van der Waals surface area contributed by atoms with Gasteiger partial charge in [0.25, 0.3) is 5.91 Å². The summed E-state index contributed by atoms with van der Waals surface area (Å²) in [4.78, 5) is 12.0. The first-order valence-electron chi connectivity index (χ1n) is 6.93. The molecule has 0 aliphatic carbocycles.